The van der Waals surface area contributed by atoms with Crippen LogP contribution < -0.4 is 15.5 Å². The third kappa shape index (κ3) is 7.03. The molecule has 1 saturated heterocycles. The number of carbonyl (C=O) groups excluding carboxylic acids is 1. The molecule has 2 N–H and O–H groups in total. The van der Waals surface area contributed by atoms with Crippen molar-refractivity contribution in [1.29, 1.82) is 5.26 Å². The highest BCUT2D eigenvalue weighted by Gasteiger charge is 2.25. The first-order chi connectivity index (χ1) is 15.1. The van der Waals surface area contributed by atoms with Gasteiger partial charge in [-0.1, -0.05) is 0 Å². The number of benzene rings is 1. The number of rotatable bonds is 5. The van der Waals surface area contributed by atoms with Crippen molar-refractivity contribution in [3.63, 3.8) is 0 Å². The number of alkyl carbamates (subject to hydrolysis) is 1. The molecule has 1 aliphatic heterocycles. The van der Waals surface area contributed by atoms with Gasteiger partial charge in [-0.15, -0.1) is 0 Å². The molecule has 0 radical (unpaired) electrons. The Morgan fingerprint density at radius 3 is 2.44 bits per heavy atom. The standard InChI is InChI=1S/C25H38N4O3/c1-17-15-29(16-18(2)31-17)22-10-11-23(20(12-22)13-26)27-14-19-6-8-21(9-7-19)28-24(30)32-25(3,4)5/h10-12,17-19,21,27H,6-9,14-16H2,1-5H3,(H,28,30). The maximum absolute atomic E-state index is 12.0. The first-order valence-electron chi connectivity index (χ1n) is 11.8. The molecule has 2 aliphatic rings. The van der Waals surface area contributed by atoms with E-state index >= 15 is 0 Å². The van der Waals surface area contributed by atoms with Gasteiger partial charge in [0.2, 0.25) is 0 Å². The van der Waals surface area contributed by atoms with Crippen molar-refractivity contribution in [2.45, 2.75) is 84.2 Å². The summed E-state index contributed by atoms with van der Waals surface area (Å²) in [7, 11) is 0. The predicted molar refractivity (Wildman–Crippen MR) is 127 cm³/mol. The normalized spacial score (nSPS) is 26.2. The molecule has 2 fully saturated rings. The Labute approximate surface area is 192 Å². The van der Waals surface area contributed by atoms with Gasteiger partial charge in [0.15, 0.2) is 0 Å². The third-order valence-electron chi connectivity index (χ3n) is 6.06. The maximum atomic E-state index is 12.0. The van der Waals surface area contributed by atoms with Crippen LogP contribution in [0.3, 0.4) is 0 Å². The van der Waals surface area contributed by atoms with Crippen LogP contribution in [0.5, 0.6) is 0 Å². The van der Waals surface area contributed by atoms with E-state index in [9.17, 15) is 10.1 Å². The number of amides is 1. The smallest absolute Gasteiger partial charge is 0.407 e. The molecular weight excluding hydrogens is 404 g/mol. The van der Waals surface area contributed by atoms with Gasteiger partial charge in [-0.25, -0.2) is 4.79 Å². The number of nitrogens with one attached hydrogen (secondary N) is 2. The van der Waals surface area contributed by atoms with Crippen LogP contribution in [0.1, 0.15) is 65.9 Å². The van der Waals surface area contributed by atoms with Crippen LogP contribution in [-0.2, 0) is 9.47 Å². The number of morpholine rings is 1. The van der Waals surface area contributed by atoms with E-state index in [1.807, 2.05) is 32.9 Å². The minimum atomic E-state index is -0.475. The summed E-state index contributed by atoms with van der Waals surface area (Å²) >= 11 is 0. The number of carbonyl (C=O) groups is 1. The summed E-state index contributed by atoms with van der Waals surface area (Å²) in [6, 6.07) is 8.62. The minimum Gasteiger partial charge on any atom is -0.444 e. The van der Waals surface area contributed by atoms with Crippen LogP contribution in [0.25, 0.3) is 0 Å². The van der Waals surface area contributed by atoms with E-state index in [0.717, 1.165) is 56.7 Å². The van der Waals surface area contributed by atoms with E-state index in [0.29, 0.717) is 11.5 Å². The topological polar surface area (TPSA) is 86.6 Å². The largest absolute Gasteiger partial charge is 0.444 e. The van der Waals surface area contributed by atoms with Gasteiger partial charge >= 0.3 is 6.09 Å². The van der Waals surface area contributed by atoms with Crippen LogP contribution >= 0.6 is 0 Å². The van der Waals surface area contributed by atoms with E-state index < -0.39 is 5.60 Å². The third-order valence-corrected chi connectivity index (χ3v) is 6.06. The van der Waals surface area contributed by atoms with Crippen molar-refractivity contribution in [3.05, 3.63) is 23.8 Å². The molecule has 3 rings (SSSR count). The molecule has 0 aromatic heterocycles. The predicted octanol–water partition coefficient (Wildman–Crippen LogP) is 4.67. The van der Waals surface area contributed by atoms with Crippen molar-refractivity contribution in [2.24, 2.45) is 5.92 Å². The highest BCUT2D eigenvalue weighted by Crippen LogP contribution is 2.28. The second kappa shape index (κ2) is 10.4. The Hall–Kier alpha value is -2.46. The van der Waals surface area contributed by atoms with Crippen molar-refractivity contribution < 1.29 is 14.3 Å². The van der Waals surface area contributed by atoms with Gasteiger partial charge in [-0.05, 0) is 84.4 Å². The van der Waals surface area contributed by atoms with Gasteiger partial charge in [0.25, 0.3) is 0 Å². The molecule has 1 aromatic rings. The van der Waals surface area contributed by atoms with Crippen molar-refractivity contribution in [3.8, 4) is 6.07 Å². The SMILES string of the molecule is CC1CN(c2ccc(NCC3CCC(NC(=O)OC(C)(C)C)CC3)c(C#N)c2)CC(C)O1. The number of hydrogen-bond donors (Lipinski definition) is 2. The monoisotopic (exact) mass is 442 g/mol. The molecule has 1 amide bonds. The van der Waals surface area contributed by atoms with Crippen LogP contribution in [0, 0.1) is 17.2 Å². The van der Waals surface area contributed by atoms with Gasteiger partial charge in [0.05, 0.1) is 23.5 Å². The summed E-state index contributed by atoms with van der Waals surface area (Å²) < 4.78 is 11.2. The Kier molecular flexibility index (Phi) is 7.89. The van der Waals surface area contributed by atoms with E-state index in [1.54, 1.807) is 0 Å². The zero-order valence-electron chi connectivity index (χ0n) is 20.1. The fourth-order valence-electron chi connectivity index (χ4n) is 4.60. The zero-order valence-corrected chi connectivity index (χ0v) is 20.1. The lowest BCUT2D eigenvalue weighted by atomic mass is 9.86. The van der Waals surface area contributed by atoms with Gasteiger partial charge < -0.3 is 25.0 Å². The van der Waals surface area contributed by atoms with E-state index in [-0.39, 0.29) is 24.3 Å². The van der Waals surface area contributed by atoms with Crippen LogP contribution in [0.15, 0.2) is 18.2 Å². The molecule has 2 unspecified atom stereocenters. The van der Waals surface area contributed by atoms with Gasteiger partial charge in [-0.3, -0.25) is 0 Å². The molecule has 1 aliphatic carbocycles. The molecular formula is C25H38N4O3. The summed E-state index contributed by atoms with van der Waals surface area (Å²) in [6.45, 7) is 12.3. The molecule has 2 atom stereocenters. The van der Waals surface area contributed by atoms with Crippen LogP contribution in [-0.4, -0.2) is 49.6 Å². The van der Waals surface area contributed by atoms with Crippen molar-refractivity contribution in [1.82, 2.24) is 5.32 Å². The summed E-state index contributed by atoms with van der Waals surface area (Å²) in [5.74, 6) is 0.527. The Morgan fingerprint density at radius 2 is 1.84 bits per heavy atom. The molecule has 32 heavy (non-hydrogen) atoms. The first-order valence-corrected chi connectivity index (χ1v) is 11.8. The molecule has 176 valence electrons. The number of hydrogen-bond acceptors (Lipinski definition) is 6. The molecule has 1 aromatic carbocycles. The Balaban J connectivity index is 1.49. The molecule has 1 heterocycles. The lowest BCUT2D eigenvalue weighted by Crippen LogP contribution is -2.45. The number of nitriles is 1. The average Bonchev–Trinajstić information content (AvgIpc) is 2.71. The van der Waals surface area contributed by atoms with E-state index in [1.165, 1.54) is 0 Å². The zero-order chi connectivity index (χ0) is 23.3. The average molecular weight is 443 g/mol. The quantitative estimate of drug-likeness (QED) is 0.689. The fourth-order valence-corrected chi connectivity index (χ4v) is 4.60. The lowest BCUT2D eigenvalue weighted by molar-refractivity contribution is -0.00522. The minimum absolute atomic E-state index is 0.174. The van der Waals surface area contributed by atoms with Crippen LogP contribution in [0.2, 0.25) is 0 Å². The van der Waals surface area contributed by atoms with Crippen LogP contribution in [0.4, 0.5) is 16.2 Å². The van der Waals surface area contributed by atoms with Gasteiger partial charge in [0, 0.05) is 31.4 Å². The Bertz CT molecular complexity index is 811. The summed E-state index contributed by atoms with van der Waals surface area (Å²) in [5, 5.41) is 16.2. The molecule has 7 nitrogen and oxygen atoms in total. The molecule has 1 saturated carbocycles. The first kappa shape index (κ1) is 24.2. The molecule has 7 heteroatoms. The number of nitrogens with zero attached hydrogens (tertiary/aromatic N) is 2. The highest BCUT2D eigenvalue weighted by atomic mass is 16.6. The van der Waals surface area contributed by atoms with E-state index in [2.05, 4.69) is 41.5 Å². The van der Waals surface area contributed by atoms with E-state index in [4.69, 9.17) is 9.47 Å². The van der Waals surface area contributed by atoms with Crippen molar-refractivity contribution >= 4 is 17.5 Å². The molecule has 0 spiro atoms. The van der Waals surface area contributed by atoms with Crippen molar-refractivity contribution in [2.75, 3.05) is 29.9 Å². The summed E-state index contributed by atoms with van der Waals surface area (Å²) in [5.41, 5.74) is 2.16. The number of ether oxygens (including phenoxy) is 2. The fraction of sp³-hybridized carbons (Fsp3) is 0.680. The van der Waals surface area contributed by atoms with Gasteiger partial charge in [0.1, 0.15) is 11.7 Å². The summed E-state index contributed by atoms with van der Waals surface area (Å²) in [4.78, 5) is 14.3. The Morgan fingerprint density at radius 1 is 1.19 bits per heavy atom. The number of anilines is 2. The van der Waals surface area contributed by atoms with Gasteiger partial charge in [-0.2, -0.15) is 5.26 Å². The lowest BCUT2D eigenvalue weighted by Gasteiger charge is -2.37. The highest BCUT2D eigenvalue weighted by molar-refractivity contribution is 5.68. The second-order valence-electron chi connectivity index (χ2n) is 10.2. The molecule has 0 bridgehead atoms. The summed E-state index contributed by atoms with van der Waals surface area (Å²) in [6.07, 6.45) is 4.01. The maximum Gasteiger partial charge on any atom is 0.407 e. The second-order valence-corrected chi connectivity index (χ2v) is 10.2.